The van der Waals surface area contributed by atoms with Crippen molar-refractivity contribution in [3.8, 4) is 5.75 Å². The van der Waals surface area contributed by atoms with Gasteiger partial charge in [0, 0.05) is 28.4 Å². The third-order valence-electron chi connectivity index (χ3n) is 3.17. The van der Waals surface area contributed by atoms with Gasteiger partial charge in [0.1, 0.15) is 5.75 Å². The number of rotatable bonds is 6. The summed E-state index contributed by atoms with van der Waals surface area (Å²) in [6, 6.07) is 10.5. The van der Waals surface area contributed by atoms with Crippen LogP contribution in [0, 0.1) is 13.8 Å². The van der Waals surface area contributed by atoms with E-state index in [2.05, 4.69) is 51.2 Å². The van der Waals surface area contributed by atoms with E-state index in [1.165, 1.54) is 20.9 Å². The zero-order valence-corrected chi connectivity index (χ0v) is 13.5. The highest BCUT2D eigenvalue weighted by Gasteiger charge is 2.05. The smallest absolute Gasteiger partial charge is 0.124 e. The van der Waals surface area contributed by atoms with Crippen molar-refractivity contribution < 1.29 is 4.74 Å². The highest BCUT2D eigenvalue weighted by molar-refractivity contribution is 7.12. The lowest BCUT2D eigenvalue weighted by atomic mass is 10.2. The van der Waals surface area contributed by atoms with Gasteiger partial charge in [-0.3, -0.25) is 0 Å². The molecule has 0 saturated carbocycles. The molecule has 2 aromatic rings. The van der Waals surface area contributed by atoms with Crippen LogP contribution in [0.25, 0.3) is 0 Å². The average Bonchev–Trinajstić information content (AvgIpc) is 2.70. The van der Waals surface area contributed by atoms with Crippen molar-refractivity contribution in [2.45, 2.75) is 46.9 Å². The molecule has 0 aliphatic rings. The number of nitrogens with one attached hydrogen (secondary N) is 1. The molecule has 0 aliphatic heterocycles. The van der Waals surface area contributed by atoms with Gasteiger partial charge in [-0.15, -0.1) is 11.3 Å². The van der Waals surface area contributed by atoms with Gasteiger partial charge in [-0.25, -0.2) is 0 Å². The molecule has 3 heteroatoms. The SMILES string of the molecule is Cc1cc(CNCc2ccccc2OC(C)C)sc1C. The number of ether oxygens (including phenoxy) is 1. The van der Waals surface area contributed by atoms with Gasteiger partial charge in [-0.1, -0.05) is 18.2 Å². The van der Waals surface area contributed by atoms with Crippen molar-refractivity contribution in [3.05, 3.63) is 51.2 Å². The zero-order chi connectivity index (χ0) is 14.5. The zero-order valence-electron chi connectivity index (χ0n) is 12.7. The van der Waals surface area contributed by atoms with Crippen LogP contribution < -0.4 is 10.1 Å². The quantitative estimate of drug-likeness (QED) is 0.848. The largest absolute Gasteiger partial charge is 0.491 e. The van der Waals surface area contributed by atoms with Crippen molar-refractivity contribution in [2.24, 2.45) is 0 Å². The Morgan fingerprint density at radius 2 is 1.90 bits per heavy atom. The topological polar surface area (TPSA) is 21.3 Å². The van der Waals surface area contributed by atoms with Gasteiger partial charge in [0.2, 0.25) is 0 Å². The van der Waals surface area contributed by atoms with E-state index in [0.29, 0.717) is 0 Å². The first-order valence-corrected chi connectivity index (χ1v) is 7.89. The minimum absolute atomic E-state index is 0.207. The second-order valence-electron chi connectivity index (χ2n) is 5.33. The van der Waals surface area contributed by atoms with E-state index in [1.807, 2.05) is 23.5 Å². The van der Waals surface area contributed by atoms with Gasteiger partial charge in [0.25, 0.3) is 0 Å². The standard InChI is InChI=1S/C17H23NOS/c1-12(2)19-17-8-6-5-7-15(17)10-18-11-16-9-13(3)14(4)20-16/h5-9,12,18H,10-11H2,1-4H3. The van der Waals surface area contributed by atoms with E-state index >= 15 is 0 Å². The van der Waals surface area contributed by atoms with Gasteiger partial charge in [-0.05, 0) is 45.4 Å². The summed E-state index contributed by atoms with van der Waals surface area (Å²) in [4.78, 5) is 2.80. The average molecular weight is 289 g/mol. The van der Waals surface area contributed by atoms with Crippen LogP contribution in [0.15, 0.2) is 30.3 Å². The van der Waals surface area contributed by atoms with Crippen LogP contribution in [0.5, 0.6) is 5.75 Å². The minimum Gasteiger partial charge on any atom is -0.491 e. The summed E-state index contributed by atoms with van der Waals surface area (Å²) >= 11 is 1.87. The molecule has 0 bridgehead atoms. The molecule has 1 heterocycles. The lowest BCUT2D eigenvalue weighted by Gasteiger charge is -2.14. The highest BCUT2D eigenvalue weighted by Crippen LogP contribution is 2.22. The second-order valence-corrected chi connectivity index (χ2v) is 6.67. The molecule has 0 atom stereocenters. The molecule has 1 N–H and O–H groups in total. The van der Waals surface area contributed by atoms with Crippen LogP contribution >= 0.6 is 11.3 Å². The maximum atomic E-state index is 5.83. The van der Waals surface area contributed by atoms with Gasteiger partial charge in [0.15, 0.2) is 0 Å². The molecule has 1 aromatic carbocycles. The molecule has 2 rings (SSSR count). The first kappa shape index (κ1) is 15.1. The van der Waals surface area contributed by atoms with E-state index in [0.717, 1.165) is 18.8 Å². The van der Waals surface area contributed by atoms with Gasteiger partial charge >= 0.3 is 0 Å². The number of aryl methyl sites for hydroxylation is 2. The number of hydrogen-bond donors (Lipinski definition) is 1. The Bertz CT molecular complexity index is 540. The molecule has 0 aliphatic carbocycles. The third kappa shape index (κ3) is 4.09. The third-order valence-corrected chi connectivity index (χ3v) is 4.32. The van der Waals surface area contributed by atoms with Crippen LogP contribution in [0.4, 0.5) is 0 Å². The fourth-order valence-corrected chi connectivity index (χ4v) is 3.10. The molecule has 0 fully saturated rings. The van der Waals surface area contributed by atoms with Crippen LogP contribution in [0.1, 0.15) is 34.7 Å². The highest BCUT2D eigenvalue weighted by atomic mass is 32.1. The summed E-state index contributed by atoms with van der Waals surface area (Å²) < 4.78 is 5.83. The van der Waals surface area contributed by atoms with E-state index in [-0.39, 0.29) is 6.10 Å². The number of benzene rings is 1. The Kier molecular flexibility index (Phi) is 5.21. The number of para-hydroxylation sites is 1. The predicted molar refractivity (Wildman–Crippen MR) is 86.5 cm³/mol. The van der Waals surface area contributed by atoms with Crippen LogP contribution in [-0.2, 0) is 13.1 Å². The Morgan fingerprint density at radius 3 is 2.55 bits per heavy atom. The summed E-state index contributed by atoms with van der Waals surface area (Å²) in [5.41, 5.74) is 2.60. The van der Waals surface area contributed by atoms with E-state index < -0.39 is 0 Å². The van der Waals surface area contributed by atoms with Crippen molar-refractivity contribution in [2.75, 3.05) is 0 Å². The molecular formula is C17H23NOS. The minimum atomic E-state index is 0.207. The van der Waals surface area contributed by atoms with E-state index in [1.54, 1.807) is 0 Å². The van der Waals surface area contributed by atoms with Gasteiger partial charge in [-0.2, -0.15) is 0 Å². The van der Waals surface area contributed by atoms with Crippen LogP contribution in [0.2, 0.25) is 0 Å². The summed E-state index contributed by atoms with van der Waals surface area (Å²) in [6.07, 6.45) is 0.207. The monoisotopic (exact) mass is 289 g/mol. The van der Waals surface area contributed by atoms with Gasteiger partial charge < -0.3 is 10.1 Å². The van der Waals surface area contributed by atoms with Crippen LogP contribution in [-0.4, -0.2) is 6.10 Å². The molecule has 0 amide bonds. The molecule has 2 nitrogen and oxygen atoms in total. The number of hydrogen-bond acceptors (Lipinski definition) is 3. The Labute approximate surface area is 125 Å². The van der Waals surface area contributed by atoms with E-state index in [4.69, 9.17) is 4.74 Å². The van der Waals surface area contributed by atoms with Crippen molar-refractivity contribution in [1.82, 2.24) is 5.32 Å². The fourth-order valence-electron chi connectivity index (χ4n) is 2.08. The number of thiophene rings is 1. The molecule has 0 saturated heterocycles. The van der Waals surface area contributed by atoms with Crippen LogP contribution in [0.3, 0.4) is 0 Å². The Hall–Kier alpha value is -1.32. The predicted octanol–water partition coefficient (Wildman–Crippen LogP) is 4.44. The molecular weight excluding hydrogens is 266 g/mol. The Morgan fingerprint density at radius 1 is 1.15 bits per heavy atom. The molecule has 0 unspecified atom stereocenters. The lowest BCUT2D eigenvalue weighted by molar-refractivity contribution is 0.239. The maximum Gasteiger partial charge on any atom is 0.124 e. The summed E-state index contributed by atoms with van der Waals surface area (Å²) in [5, 5.41) is 3.50. The summed E-state index contributed by atoms with van der Waals surface area (Å²) in [5.74, 6) is 0.980. The van der Waals surface area contributed by atoms with E-state index in [9.17, 15) is 0 Å². The van der Waals surface area contributed by atoms with Crippen molar-refractivity contribution in [3.63, 3.8) is 0 Å². The first-order chi connectivity index (χ1) is 9.56. The summed E-state index contributed by atoms with van der Waals surface area (Å²) in [7, 11) is 0. The molecule has 1 aromatic heterocycles. The Balaban J connectivity index is 1.93. The van der Waals surface area contributed by atoms with Crippen molar-refractivity contribution in [1.29, 1.82) is 0 Å². The molecule has 0 radical (unpaired) electrons. The maximum absolute atomic E-state index is 5.83. The first-order valence-electron chi connectivity index (χ1n) is 7.07. The summed E-state index contributed by atoms with van der Waals surface area (Å²) in [6.45, 7) is 10.2. The lowest BCUT2D eigenvalue weighted by Crippen LogP contribution is -2.14. The molecule has 108 valence electrons. The van der Waals surface area contributed by atoms with Crippen molar-refractivity contribution >= 4 is 11.3 Å². The normalized spacial score (nSPS) is 11.1. The van der Waals surface area contributed by atoms with Gasteiger partial charge in [0.05, 0.1) is 6.10 Å². The molecule has 0 spiro atoms. The molecule has 20 heavy (non-hydrogen) atoms. The second kappa shape index (κ2) is 6.91. The fraction of sp³-hybridized carbons (Fsp3) is 0.412.